The Balaban J connectivity index is 1.83. The molecule has 0 saturated carbocycles. The summed E-state index contributed by atoms with van der Waals surface area (Å²) in [5, 5.41) is 0. The van der Waals surface area contributed by atoms with Crippen molar-refractivity contribution < 1.29 is 9.59 Å². The first-order valence-electron chi connectivity index (χ1n) is 9.90. The molecule has 0 N–H and O–H groups in total. The van der Waals surface area contributed by atoms with Crippen molar-refractivity contribution in [2.24, 2.45) is 0 Å². The van der Waals surface area contributed by atoms with E-state index in [2.05, 4.69) is 4.98 Å². The SMILES string of the molecule is Cc1ccc(/C=C/C(=O)c2cc(C(=O)/C=C/c3ccc(C)cc3)c(C)nc2C)cc1. The zero-order valence-electron chi connectivity index (χ0n) is 17.8. The zero-order valence-corrected chi connectivity index (χ0v) is 17.8. The highest BCUT2D eigenvalue weighted by Crippen LogP contribution is 2.17. The van der Waals surface area contributed by atoms with Gasteiger partial charge in [-0.2, -0.15) is 0 Å². The van der Waals surface area contributed by atoms with Gasteiger partial charge in [0.1, 0.15) is 0 Å². The number of nitrogens with zero attached hydrogens (tertiary/aromatic N) is 1. The minimum absolute atomic E-state index is 0.169. The highest BCUT2D eigenvalue weighted by atomic mass is 16.1. The Morgan fingerprint density at radius 2 is 1.00 bits per heavy atom. The summed E-state index contributed by atoms with van der Waals surface area (Å²) in [4.78, 5) is 29.9. The summed E-state index contributed by atoms with van der Waals surface area (Å²) < 4.78 is 0. The quantitative estimate of drug-likeness (QED) is 0.374. The van der Waals surface area contributed by atoms with E-state index in [0.29, 0.717) is 22.5 Å². The van der Waals surface area contributed by atoms with Crippen LogP contribution in [0.15, 0.2) is 66.7 Å². The number of hydrogen-bond donors (Lipinski definition) is 0. The lowest BCUT2D eigenvalue weighted by Gasteiger charge is -2.08. The molecule has 0 atom stereocenters. The standard InChI is InChI=1S/C27H25NO2/c1-18-5-9-22(10-6-18)13-15-26(29)24-17-25(21(4)28-20(24)3)27(30)16-14-23-11-7-19(2)8-12-23/h5-17H,1-4H3/b15-13+,16-14+. The predicted octanol–water partition coefficient (Wildman–Crippen LogP) is 6.11. The number of allylic oxidation sites excluding steroid dienone is 2. The summed E-state index contributed by atoms with van der Waals surface area (Å²) in [5.41, 5.74) is 6.34. The number of carbonyl (C=O) groups is 2. The van der Waals surface area contributed by atoms with E-state index in [4.69, 9.17) is 0 Å². The molecule has 0 unspecified atom stereocenters. The minimum atomic E-state index is -0.169. The molecule has 0 fully saturated rings. The second kappa shape index (κ2) is 9.27. The van der Waals surface area contributed by atoms with Gasteiger partial charge in [-0.05, 0) is 57.0 Å². The molecule has 1 heterocycles. The van der Waals surface area contributed by atoms with Gasteiger partial charge in [-0.1, -0.05) is 71.8 Å². The first-order chi connectivity index (χ1) is 14.3. The van der Waals surface area contributed by atoms with Crippen LogP contribution in [-0.2, 0) is 0 Å². The van der Waals surface area contributed by atoms with Crippen LogP contribution in [0.25, 0.3) is 12.2 Å². The van der Waals surface area contributed by atoms with E-state index in [-0.39, 0.29) is 11.6 Å². The second-order valence-corrected chi connectivity index (χ2v) is 7.47. The van der Waals surface area contributed by atoms with Crippen LogP contribution in [0, 0.1) is 27.7 Å². The summed E-state index contributed by atoms with van der Waals surface area (Å²) in [6.45, 7) is 7.62. The molecule has 30 heavy (non-hydrogen) atoms. The summed E-state index contributed by atoms with van der Waals surface area (Å²) in [7, 11) is 0. The molecule has 0 aliphatic heterocycles. The third kappa shape index (κ3) is 5.26. The van der Waals surface area contributed by atoms with Crippen molar-refractivity contribution in [3.63, 3.8) is 0 Å². The van der Waals surface area contributed by atoms with Crippen LogP contribution < -0.4 is 0 Å². The Morgan fingerprint density at radius 1 is 0.633 bits per heavy atom. The second-order valence-electron chi connectivity index (χ2n) is 7.47. The molecular weight excluding hydrogens is 370 g/mol. The molecule has 3 heteroatoms. The maximum absolute atomic E-state index is 12.7. The van der Waals surface area contributed by atoms with E-state index >= 15 is 0 Å². The lowest BCUT2D eigenvalue weighted by molar-refractivity contribution is 0.104. The monoisotopic (exact) mass is 395 g/mol. The molecule has 0 aliphatic carbocycles. The number of hydrogen-bond acceptors (Lipinski definition) is 3. The van der Waals surface area contributed by atoms with Crippen LogP contribution in [0.4, 0.5) is 0 Å². The molecule has 2 aromatic carbocycles. The van der Waals surface area contributed by atoms with E-state index in [9.17, 15) is 9.59 Å². The maximum atomic E-state index is 12.7. The molecule has 0 aliphatic rings. The molecule has 3 rings (SSSR count). The van der Waals surface area contributed by atoms with Crippen molar-refractivity contribution >= 4 is 23.7 Å². The van der Waals surface area contributed by atoms with Crippen LogP contribution >= 0.6 is 0 Å². The first-order valence-corrected chi connectivity index (χ1v) is 9.90. The maximum Gasteiger partial charge on any atom is 0.187 e. The normalized spacial score (nSPS) is 11.3. The van der Waals surface area contributed by atoms with E-state index in [0.717, 1.165) is 11.1 Å². The van der Waals surface area contributed by atoms with Gasteiger partial charge in [-0.25, -0.2) is 0 Å². The van der Waals surface area contributed by atoms with Crippen LogP contribution in [0.5, 0.6) is 0 Å². The van der Waals surface area contributed by atoms with Crippen LogP contribution in [0.2, 0.25) is 0 Å². The summed E-state index contributed by atoms with van der Waals surface area (Å²) in [6, 6.07) is 17.5. The molecule has 0 spiro atoms. The molecular formula is C27H25NO2. The third-order valence-electron chi connectivity index (χ3n) is 4.94. The lowest BCUT2D eigenvalue weighted by atomic mass is 10.0. The van der Waals surface area contributed by atoms with Gasteiger partial charge >= 0.3 is 0 Å². The molecule has 150 valence electrons. The highest BCUT2D eigenvalue weighted by Gasteiger charge is 2.14. The molecule has 3 nitrogen and oxygen atoms in total. The highest BCUT2D eigenvalue weighted by molar-refractivity contribution is 6.12. The van der Waals surface area contributed by atoms with Gasteiger partial charge in [0.2, 0.25) is 0 Å². The summed E-state index contributed by atoms with van der Waals surface area (Å²) in [5.74, 6) is -0.339. The molecule has 0 amide bonds. The predicted molar refractivity (Wildman–Crippen MR) is 123 cm³/mol. The van der Waals surface area contributed by atoms with Gasteiger partial charge in [0.15, 0.2) is 11.6 Å². The number of ketones is 2. The van der Waals surface area contributed by atoms with Crippen LogP contribution in [-0.4, -0.2) is 16.6 Å². The lowest BCUT2D eigenvalue weighted by Crippen LogP contribution is -2.08. The fourth-order valence-corrected chi connectivity index (χ4v) is 3.10. The Bertz CT molecular complexity index is 1050. The molecule has 0 bridgehead atoms. The first kappa shape index (κ1) is 21.1. The van der Waals surface area contributed by atoms with Crippen molar-refractivity contribution in [2.45, 2.75) is 27.7 Å². The van der Waals surface area contributed by atoms with Gasteiger partial charge in [0.05, 0.1) is 0 Å². The zero-order chi connectivity index (χ0) is 21.7. The fraction of sp³-hybridized carbons (Fsp3) is 0.148. The summed E-state index contributed by atoms with van der Waals surface area (Å²) in [6.07, 6.45) is 6.61. The van der Waals surface area contributed by atoms with Crippen molar-refractivity contribution in [3.05, 3.63) is 112 Å². The molecule has 0 saturated heterocycles. The van der Waals surface area contributed by atoms with Crippen molar-refractivity contribution in [3.8, 4) is 0 Å². The number of rotatable bonds is 6. The van der Waals surface area contributed by atoms with Gasteiger partial charge < -0.3 is 0 Å². The number of aryl methyl sites for hydroxylation is 4. The van der Waals surface area contributed by atoms with Gasteiger partial charge in [-0.15, -0.1) is 0 Å². The third-order valence-corrected chi connectivity index (χ3v) is 4.94. The van der Waals surface area contributed by atoms with Crippen LogP contribution in [0.3, 0.4) is 0 Å². The molecule has 0 radical (unpaired) electrons. The number of carbonyl (C=O) groups excluding carboxylic acids is 2. The average molecular weight is 396 g/mol. The Hall–Kier alpha value is -3.59. The van der Waals surface area contributed by atoms with Gasteiger partial charge in [0, 0.05) is 22.5 Å². The fourth-order valence-electron chi connectivity index (χ4n) is 3.10. The largest absolute Gasteiger partial charge is 0.289 e. The smallest absolute Gasteiger partial charge is 0.187 e. The van der Waals surface area contributed by atoms with Gasteiger partial charge in [-0.3, -0.25) is 14.6 Å². The van der Waals surface area contributed by atoms with E-state index < -0.39 is 0 Å². The number of aromatic nitrogens is 1. The van der Waals surface area contributed by atoms with Crippen molar-refractivity contribution in [1.29, 1.82) is 0 Å². The van der Waals surface area contributed by atoms with E-state index in [1.807, 2.05) is 62.4 Å². The van der Waals surface area contributed by atoms with Crippen LogP contribution in [0.1, 0.15) is 54.4 Å². The van der Waals surface area contributed by atoms with Crippen molar-refractivity contribution in [2.75, 3.05) is 0 Å². The number of benzene rings is 2. The number of pyridine rings is 1. The van der Waals surface area contributed by atoms with Crippen molar-refractivity contribution in [1.82, 2.24) is 4.98 Å². The Kier molecular flexibility index (Phi) is 6.53. The minimum Gasteiger partial charge on any atom is -0.289 e. The molecule has 3 aromatic rings. The Labute approximate surface area is 177 Å². The topological polar surface area (TPSA) is 47.0 Å². The van der Waals surface area contributed by atoms with E-state index in [1.165, 1.54) is 23.3 Å². The Morgan fingerprint density at radius 3 is 1.37 bits per heavy atom. The van der Waals surface area contributed by atoms with Gasteiger partial charge in [0.25, 0.3) is 0 Å². The molecule has 1 aromatic heterocycles. The van der Waals surface area contributed by atoms with E-state index in [1.54, 1.807) is 32.1 Å². The average Bonchev–Trinajstić information content (AvgIpc) is 2.72. The summed E-state index contributed by atoms with van der Waals surface area (Å²) >= 11 is 0.